The van der Waals surface area contributed by atoms with Crippen LogP contribution in [-0.2, 0) is 14.8 Å². The zero-order valence-electron chi connectivity index (χ0n) is 11.1. The van der Waals surface area contributed by atoms with Crippen LogP contribution in [0.5, 0.6) is 0 Å². The second-order valence-electron chi connectivity index (χ2n) is 4.60. The lowest BCUT2D eigenvalue weighted by Gasteiger charge is -2.30. The van der Waals surface area contributed by atoms with Crippen molar-refractivity contribution >= 4 is 51.3 Å². The van der Waals surface area contributed by atoms with Crippen LogP contribution in [-0.4, -0.2) is 44.9 Å². The number of halogens is 2. The second-order valence-corrected chi connectivity index (χ2v) is 8.31. The fourth-order valence-electron chi connectivity index (χ4n) is 1.93. The Hall–Kier alpha value is -0.380. The lowest BCUT2D eigenvalue weighted by Crippen LogP contribution is -2.46. The molecule has 21 heavy (non-hydrogen) atoms. The summed E-state index contributed by atoms with van der Waals surface area (Å²) < 4.78 is 26.7. The standard InChI is InChI=1S/C11H16ClN3O3S2.ClH/c12-9-1-2-11(19-9)20(17,18)14-7-10(16)15-5-3-8(13)4-6-15;/h1-2,8,14H,3-7,13H2;1H. The molecule has 3 N–H and O–H groups in total. The van der Waals surface area contributed by atoms with E-state index in [1.807, 2.05) is 0 Å². The minimum atomic E-state index is -3.67. The number of piperidine rings is 1. The van der Waals surface area contributed by atoms with Gasteiger partial charge >= 0.3 is 0 Å². The summed E-state index contributed by atoms with van der Waals surface area (Å²) in [6, 6.07) is 3.05. The van der Waals surface area contributed by atoms with Crippen molar-refractivity contribution in [2.24, 2.45) is 5.73 Å². The van der Waals surface area contributed by atoms with Crippen molar-refractivity contribution in [3.05, 3.63) is 16.5 Å². The molecular weight excluding hydrogens is 357 g/mol. The number of amides is 1. The van der Waals surface area contributed by atoms with Crippen LogP contribution in [0.4, 0.5) is 0 Å². The van der Waals surface area contributed by atoms with Gasteiger partial charge in [-0.3, -0.25) is 4.79 Å². The molecule has 0 atom stereocenters. The SMILES string of the molecule is Cl.NC1CCN(C(=O)CNS(=O)(=O)c2ccc(Cl)s2)CC1. The zero-order chi connectivity index (χ0) is 14.8. The second kappa shape index (κ2) is 7.75. The van der Waals surface area contributed by atoms with Gasteiger partial charge in [-0.15, -0.1) is 23.7 Å². The number of sulfonamides is 1. The molecule has 1 aromatic rings. The first-order chi connectivity index (χ1) is 9.38. The van der Waals surface area contributed by atoms with Crippen LogP contribution in [0.25, 0.3) is 0 Å². The molecule has 0 radical (unpaired) electrons. The van der Waals surface area contributed by atoms with Gasteiger partial charge in [0.2, 0.25) is 5.91 Å². The van der Waals surface area contributed by atoms with Crippen LogP contribution in [0.15, 0.2) is 16.3 Å². The highest BCUT2D eigenvalue weighted by atomic mass is 35.5. The fraction of sp³-hybridized carbons (Fsp3) is 0.545. The van der Waals surface area contributed by atoms with E-state index in [-0.39, 0.29) is 35.1 Å². The average molecular weight is 374 g/mol. The summed E-state index contributed by atoms with van der Waals surface area (Å²) in [5, 5.41) is 0. The molecule has 10 heteroatoms. The van der Waals surface area contributed by atoms with Gasteiger partial charge in [0.1, 0.15) is 4.21 Å². The number of thiophene rings is 1. The van der Waals surface area contributed by atoms with Crippen LogP contribution in [0.1, 0.15) is 12.8 Å². The molecule has 6 nitrogen and oxygen atoms in total. The predicted molar refractivity (Wildman–Crippen MR) is 85.6 cm³/mol. The topological polar surface area (TPSA) is 92.5 Å². The normalized spacial score (nSPS) is 16.6. The largest absolute Gasteiger partial charge is 0.341 e. The molecule has 0 saturated carbocycles. The molecule has 0 aliphatic carbocycles. The molecular formula is C11H17Cl2N3O3S2. The number of nitrogens with zero attached hydrogens (tertiary/aromatic N) is 1. The summed E-state index contributed by atoms with van der Waals surface area (Å²) in [5.41, 5.74) is 5.76. The Morgan fingerprint density at radius 2 is 2.05 bits per heavy atom. The van der Waals surface area contributed by atoms with E-state index in [1.54, 1.807) is 4.90 Å². The third-order valence-corrected chi connectivity index (χ3v) is 6.24. The van der Waals surface area contributed by atoms with Crippen molar-refractivity contribution in [1.82, 2.24) is 9.62 Å². The van der Waals surface area contributed by atoms with E-state index >= 15 is 0 Å². The minimum Gasteiger partial charge on any atom is -0.341 e. The summed E-state index contributed by atoms with van der Waals surface area (Å²) in [7, 11) is -3.67. The number of hydrogen-bond acceptors (Lipinski definition) is 5. The smallest absolute Gasteiger partial charge is 0.250 e. The minimum absolute atomic E-state index is 0. The number of likely N-dealkylation sites (tertiary alicyclic amines) is 1. The third-order valence-electron chi connectivity index (χ3n) is 3.12. The van der Waals surface area contributed by atoms with Crippen LogP contribution in [0.3, 0.4) is 0 Å². The fourth-order valence-corrected chi connectivity index (χ4v) is 4.43. The molecule has 2 heterocycles. The number of nitrogens with two attached hydrogens (primary N) is 1. The average Bonchev–Trinajstić information content (AvgIpc) is 2.84. The summed E-state index contributed by atoms with van der Waals surface area (Å²) >= 11 is 6.66. The highest BCUT2D eigenvalue weighted by molar-refractivity contribution is 7.91. The first-order valence-corrected chi connectivity index (χ1v) is 8.84. The van der Waals surface area contributed by atoms with E-state index in [0.717, 1.165) is 24.2 Å². The number of carbonyl (C=O) groups is 1. The first kappa shape index (κ1) is 18.7. The van der Waals surface area contributed by atoms with Crippen LogP contribution < -0.4 is 10.5 Å². The summed E-state index contributed by atoms with van der Waals surface area (Å²) in [6.07, 6.45) is 1.50. The maximum absolute atomic E-state index is 11.9. The Balaban J connectivity index is 0.00000220. The van der Waals surface area contributed by atoms with Crippen molar-refractivity contribution in [3.63, 3.8) is 0 Å². The Kier molecular flexibility index (Phi) is 6.89. The first-order valence-electron chi connectivity index (χ1n) is 6.17. The molecule has 0 bridgehead atoms. The molecule has 120 valence electrons. The maximum atomic E-state index is 11.9. The van der Waals surface area contributed by atoms with Crippen molar-refractivity contribution < 1.29 is 13.2 Å². The molecule has 0 unspecified atom stereocenters. The summed E-state index contributed by atoms with van der Waals surface area (Å²) in [4.78, 5) is 13.6. The van der Waals surface area contributed by atoms with Crippen molar-refractivity contribution in [1.29, 1.82) is 0 Å². The van der Waals surface area contributed by atoms with E-state index in [1.165, 1.54) is 12.1 Å². The Labute approximate surface area is 139 Å². The molecule has 1 aliphatic rings. The number of hydrogen-bond donors (Lipinski definition) is 2. The highest BCUT2D eigenvalue weighted by Gasteiger charge is 2.23. The number of rotatable bonds is 4. The van der Waals surface area contributed by atoms with Gasteiger partial charge in [0.15, 0.2) is 0 Å². The van der Waals surface area contributed by atoms with Gasteiger partial charge in [0, 0.05) is 19.1 Å². The van der Waals surface area contributed by atoms with Crippen molar-refractivity contribution in [3.8, 4) is 0 Å². The molecule has 1 fully saturated rings. The Bertz CT molecular complexity index is 583. The Morgan fingerprint density at radius 3 is 2.57 bits per heavy atom. The molecule has 2 rings (SSSR count). The quantitative estimate of drug-likeness (QED) is 0.824. The lowest BCUT2D eigenvalue weighted by molar-refractivity contribution is -0.130. The van der Waals surface area contributed by atoms with Gasteiger partial charge in [-0.1, -0.05) is 11.6 Å². The lowest BCUT2D eigenvalue weighted by atomic mass is 10.1. The van der Waals surface area contributed by atoms with Gasteiger partial charge in [-0.05, 0) is 25.0 Å². The van der Waals surface area contributed by atoms with E-state index in [2.05, 4.69) is 4.72 Å². The number of carbonyl (C=O) groups excluding carboxylic acids is 1. The molecule has 1 aromatic heterocycles. The highest BCUT2D eigenvalue weighted by Crippen LogP contribution is 2.25. The van der Waals surface area contributed by atoms with E-state index < -0.39 is 10.0 Å². The molecule has 1 amide bonds. The summed E-state index contributed by atoms with van der Waals surface area (Å²) in [6.45, 7) is 0.909. The van der Waals surface area contributed by atoms with Gasteiger partial charge < -0.3 is 10.6 Å². The van der Waals surface area contributed by atoms with E-state index in [0.29, 0.717) is 17.4 Å². The van der Waals surface area contributed by atoms with Crippen molar-refractivity contribution in [2.75, 3.05) is 19.6 Å². The van der Waals surface area contributed by atoms with Gasteiger partial charge in [0.25, 0.3) is 10.0 Å². The maximum Gasteiger partial charge on any atom is 0.250 e. The van der Waals surface area contributed by atoms with E-state index in [4.69, 9.17) is 17.3 Å². The van der Waals surface area contributed by atoms with Crippen molar-refractivity contribution in [2.45, 2.75) is 23.1 Å². The zero-order valence-corrected chi connectivity index (χ0v) is 14.3. The molecule has 1 aliphatic heterocycles. The third kappa shape index (κ3) is 5.08. The van der Waals surface area contributed by atoms with Gasteiger partial charge in [-0.25, -0.2) is 13.1 Å². The van der Waals surface area contributed by atoms with Crippen LogP contribution in [0, 0.1) is 0 Å². The number of nitrogens with one attached hydrogen (secondary N) is 1. The van der Waals surface area contributed by atoms with Gasteiger partial charge in [0.05, 0.1) is 10.9 Å². The van der Waals surface area contributed by atoms with Crippen LogP contribution >= 0.6 is 35.3 Å². The van der Waals surface area contributed by atoms with E-state index in [9.17, 15) is 13.2 Å². The van der Waals surface area contributed by atoms with Crippen LogP contribution in [0.2, 0.25) is 4.34 Å². The predicted octanol–water partition coefficient (Wildman–Crippen LogP) is 1.05. The Morgan fingerprint density at radius 1 is 1.43 bits per heavy atom. The van der Waals surface area contributed by atoms with Gasteiger partial charge in [-0.2, -0.15) is 0 Å². The molecule has 0 spiro atoms. The molecule has 0 aromatic carbocycles. The summed E-state index contributed by atoms with van der Waals surface area (Å²) in [5.74, 6) is -0.233. The molecule has 1 saturated heterocycles. The monoisotopic (exact) mass is 373 g/mol.